The van der Waals surface area contributed by atoms with Gasteiger partial charge in [-0.15, -0.1) is 5.10 Å². The van der Waals surface area contributed by atoms with Crippen LogP contribution in [0.4, 0.5) is 0 Å². The van der Waals surface area contributed by atoms with Gasteiger partial charge in [0.05, 0.1) is 36.4 Å². The number of rotatable bonds is 6. The third-order valence-corrected chi connectivity index (χ3v) is 9.77. The number of carbonyl (C=O) groups excluding carboxylic acids is 3. The molecule has 0 radical (unpaired) electrons. The van der Waals surface area contributed by atoms with Crippen molar-refractivity contribution in [2.45, 2.75) is 76.3 Å². The van der Waals surface area contributed by atoms with E-state index in [-0.39, 0.29) is 43.3 Å². The third kappa shape index (κ3) is 6.82. The molecule has 0 saturated carbocycles. The molecule has 13 heteroatoms. The van der Waals surface area contributed by atoms with Gasteiger partial charge in [0.2, 0.25) is 11.8 Å². The molecule has 7 rings (SSSR count). The second-order valence-corrected chi connectivity index (χ2v) is 13.0. The van der Waals surface area contributed by atoms with Crippen molar-refractivity contribution >= 4 is 17.7 Å². The highest BCUT2D eigenvalue weighted by Crippen LogP contribution is 2.33. The Labute approximate surface area is 278 Å². The van der Waals surface area contributed by atoms with Crippen molar-refractivity contribution in [3.63, 3.8) is 0 Å². The molecule has 250 valence electrons. The van der Waals surface area contributed by atoms with Gasteiger partial charge in [-0.2, -0.15) is 0 Å². The van der Waals surface area contributed by atoms with Crippen molar-refractivity contribution in [1.82, 2.24) is 40.6 Å². The second kappa shape index (κ2) is 13.6. The normalized spacial score (nSPS) is 21.8. The van der Waals surface area contributed by atoms with Gasteiger partial charge in [0.15, 0.2) is 5.76 Å². The van der Waals surface area contributed by atoms with Crippen LogP contribution in [-0.4, -0.2) is 78.9 Å². The van der Waals surface area contributed by atoms with E-state index in [0.717, 1.165) is 12.3 Å². The maximum atomic E-state index is 14.2. The lowest BCUT2D eigenvalue weighted by Gasteiger charge is -2.45. The van der Waals surface area contributed by atoms with E-state index < -0.39 is 11.6 Å². The summed E-state index contributed by atoms with van der Waals surface area (Å²) in [6.45, 7) is 4.55. The largest absolute Gasteiger partial charge is 0.487 e. The first-order valence-electron chi connectivity index (χ1n) is 16.6. The van der Waals surface area contributed by atoms with Crippen LogP contribution in [0.1, 0.15) is 71.2 Å². The summed E-state index contributed by atoms with van der Waals surface area (Å²) in [5.74, 6) is 0.235. The zero-order chi connectivity index (χ0) is 33.1. The Hall–Kier alpha value is -5.04. The highest BCUT2D eigenvalue weighted by atomic mass is 16.5. The van der Waals surface area contributed by atoms with Gasteiger partial charge in [-0.1, -0.05) is 58.9 Å². The molecule has 2 N–H and O–H groups in total. The van der Waals surface area contributed by atoms with Gasteiger partial charge in [-0.05, 0) is 50.3 Å². The lowest BCUT2D eigenvalue weighted by molar-refractivity contribution is -0.145. The van der Waals surface area contributed by atoms with Crippen molar-refractivity contribution in [2.24, 2.45) is 0 Å². The molecule has 2 aromatic heterocycles. The number of para-hydroxylation sites is 1. The molecule has 2 aromatic carbocycles. The number of amides is 3. The number of piperidine rings is 2. The topological polar surface area (TPSA) is 148 Å². The molecule has 4 aromatic rings. The lowest BCUT2D eigenvalue weighted by Crippen LogP contribution is -2.60. The Morgan fingerprint density at radius 3 is 2.52 bits per heavy atom. The summed E-state index contributed by atoms with van der Waals surface area (Å²) in [5, 5.41) is 18.9. The number of hydrogen-bond acceptors (Lipinski definition) is 9. The first-order valence-corrected chi connectivity index (χ1v) is 16.6. The number of nitrogens with one attached hydrogen (secondary N) is 2. The van der Waals surface area contributed by atoms with E-state index in [1.54, 1.807) is 16.5 Å². The van der Waals surface area contributed by atoms with Crippen LogP contribution < -0.4 is 15.4 Å². The van der Waals surface area contributed by atoms with Crippen molar-refractivity contribution in [2.75, 3.05) is 19.6 Å². The summed E-state index contributed by atoms with van der Waals surface area (Å²) in [6.07, 6.45) is 4.10. The lowest BCUT2D eigenvalue weighted by atomic mass is 9.82. The molecule has 0 aliphatic carbocycles. The Kier molecular flexibility index (Phi) is 8.94. The molecule has 0 bridgehead atoms. The average molecular weight is 653 g/mol. The second-order valence-electron chi connectivity index (χ2n) is 13.0. The Balaban J connectivity index is 1.10. The first kappa shape index (κ1) is 31.6. The van der Waals surface area contributed by atoms with Crippen LogP contribution in [0.3, 0.4) is 0 Å². The molecule has 3 amide bonds. The van der Waals surface area contributed by atoms with E-state index in [1.165, 1.54) is 5.56 Å². The Morgan fingerprint density at radius 2 is 1.75 bits per heavy atom. The molecule has 2 saturated heterocycles. The van der Waals surface area contributed by atoms with Gasteiger partial charge in [0.1, 0.15) is 29.7 Å². The summed E-state index contributed by atoms with van der Waals surface area (Å²) in [6, 6.07) is 18.9. The van der Waals surface area contributed by atoms with Crippen molar-refractivity contribution in [1.29, 1.82) is 0 Å². The van der Waals surface area contributed by atoms with E-state index in [4.69, 9.17) is 9.26 Å². The molecule has 3 aliphatic heterocycles. The monoisotopic (exact) mass is 652 g/mol. The molecular weight excluding hydrogens is 612 g/mol. The fraction of sp³-hybridized carbons (Fsp3) is 0.429. The highest BCUT2D eigenvalue weighted by Gasteiger charge is 2.44. The zero-order valence-corrected chi connectivity index (χ0v) is 27.0. The van der Waals surface area contributed by atoms with Crippen LogP contribution in [0.25, 0.3) is 0 Å². The first-order chi connectivity index (χ1) is 23.4. The van der Waals surface area contributed by atoms with Crippen molar-refractivity contribution in [3.8, 4) is 5.75 Å². The minimum atomic E-state index is -0.779. The molecule has 0 unspecified atom stereocenters. The quantitative estimate of drug-likeness (QED) is 0.321. The number of carbonyl (C=O) groups is 3. The summed E-state index contributed by atoms with van der Waals surface area (Å²) in [5.41, 5.74) is 1.86. The van der Waals surface area contributed by atoms with E-state index in [2.05, 4.69) is 43.1 Å². The van der Waals surface area contributed by atoms with Crippen molar-refractivity contribution in [3.05, 3.63) is 95.1 Å². The molecule has 48 heavy (non-hydrogen) atoms. The van der Waals surface area contributed by atoms with Crippen molar-refractivity contribution < 1.29 is 23.6 Å². The van der Waals surface area contributed by atoms with E-state index >= 15 is 0 Å². The predicted molar refractivity (Wildman–Crippen MR) is 173 cm³/mol. The van der Waals surface area contributed by atoms with Crippen LogP contribution >= 0.6 is 0 Å². The summed E-state index contributed by atoms with van der Waals surface area (Å²) >= 11 is 0. The summed E-state index contributed by atoms with van der Waals surface area (Å²) in [7, 11) is 0. The number of ether oxygens (including phenoxy) is 1. The van der Waals surface area contributed by atoms with Crippen LogP contribution in [0.5, 0.6) is 5.75 Å². The smallest absolute Gasteiger partial charge is 0.257 e. The third-order valence-electron chi connectivity index (χ3n) is 9.77. The average Bonchev–Trinajstić information content (AvgIpc) is 3.74. The van der Waals surface area contributed by atoms with Gasteiger partial charge in [-0.3, -0.25) is 19.3 Å². The van der Waals surface area contributed by atoms with E-state index in [1.807, 2.05) is 54.7 Å². The number of aromatic nitrogens is 4. The number of aryl methyl sites for hydroxylation is 1. The number of likely N-dealkylation sites (tertiary alicyclic amines) is 1. The zero-order valence-electron chi connectivity index (χ0n) is 27.0. The number of hydrogen-bond donors (Lipinski definition) is 2. The van der Waals surface area contributed by atoms with Gasteiger partial charge in [0, 0.05) is 26.2 Å². The van der Waals surface area contributed by atoms with Gasteiger partial charge < -0.3 is 24.8 Å². The molecule has 1 spiro atoms. The molecule has 2 atom stereocenters. The maximum Gasteiger partial charge on any atom is 0.257 e. The number of fused-ring (bicyclic) bond motifs is 2. The van der Waals surface area contributed by atoms with Crippen LogP contribution in [0.15, 0.2) is 71.4 Å². The summed E-state index contributed by atoms with van der Waals surface area (Å²) < 4.78 is 13.1. The van der Waals surface area contributed by atoms with Gasteiger partial charge in [-0.25, -0.2) is 4.68 Å². The molecule has 13 nitrogen and oxygen atoms in total. The van der Waals surface area contributed by atoms with Crippen LogP contribution in [-0.2, 0) is 29.3 Å². The van der Waals surface area contributed by atoms with Crippen LogP contribution in [0.2, 0.25) is 0 Å². The fourth-order valence-electron chi connectivity index (χ4n) is 7.10. The number of nitrogens with zero attached hydrogens (tertiary/aromatic N) is 6. The van der Waals surface area contributed by atoms with Gasteiger partial charge >= 0.3 is 0 Å². The number of benzene rings is 2. The van der Waals surface area contributed by atoms with Gasteiger partial charge in [0.25, 0.3) is 5.91 Å². The predicted octanol–water partition coefficient (Wildman–Crippen LogP) is 3.17. The highest BCUT2D eigenvalue weighted by molar-refractivity contribution is 5.97. The molecule has 3 aliphatic rings. The van der Waals surface area contributed by atoms with E-state index in [9.17, 15) is 14.4 Å². The van der Waals surface area contributed by atoms with Crippen LogP contribution in [0, 0.1) is 6.92 Å². The fourth-order valence-corrected chi connectivity index (χ4v) is 7.10. The minimum Gasteiger partial charge on any atom is -0.487 e. The minimum absolute atomic E-state index is 0.0201. The van der Waals surface area contributed by atoms with E-state index in [0.29, 0.717) is 68.0 Å². The summed E-state index contributed by atoms with van der Waals surface area (Å²) in [4.78, 5) is 45.8. The molecule has 2 fully saturated rings. The Morgan fingerprint density at radius 1 is 1.00 bits per heavy atom. The maximum absolute atomic E-state index is 14.2. The SMILES string of the molecule is Cc1noc2c1C(=O)NC1(CCN(Cc3ccccc3)CC1)CC(=O)N1CC[C@@H](n3cc(COc4ccccc4)nn3)C[C@H]1C(=O)NC2. The standard InChI is InChI=1S/C35H40N8O5/c1-24-32-30(48-39-24)20-36-33(45)29-18-27(43-22-26(38-40-43)23-47-28-10-6-3-7-11-28)12-15-42(29)31(44)19-35(37-34(32)46)13-16-41(17-14-35)21-25-8-4-2-5-9-25/h2-11,22,27,29H,12-21,23H2,1H3,(H,36,45)(H,37,46)/t27-,29+/m1/s1. The molecular formula is C35H40N8O5. The Bertz CT molecular complexity index is 1750. The molecule has 5 heterocycles.